The van der Waals surface area contributed by atoms with E-state index in [1.165, 1.54) is 0 Å². The van der Waals surface area contributed by atoms with Crippen molar-refractivity contribution in [2.24, 2.45) is 0 Å². The Morgan fingerprint density at radius 3 is 2.13 bits per heavy atom. The number of ether oxygens (including phenoxy) is 2. The van der Waals surface area contributed by atoms with Crippen molar-refractivity contribution in [3.8, 4) is 0 Å². The maximum absolute atomic E-state index is 13.4. The molecule has 0 aliphatic rings. The predicted molar refractivity (Wildman–Crippen MR) is 150 cm³/mol. The van der Waals surface area contributed by atoms with Crippen molar-refractivity contribution in [1.82, 2.24) is 10.0 Å². The third-order valence-electron chi connectivity index (χ3n) is 5.69. The predicted octanol–water partition coefficient (Wildman–Crippen LogP) is 5.88. The first kappa shape index (κ1) is 28.9. The summed E-state index contributed by atoms with van der Waals surface area (Å²) < 4.78 is 14.4. The van der Waals surface area contributed by atoms with Gasteiger partial charge in [0.1, 0.15) is 12.6 Å². The van der Waals surface area contributed by atoms with Crippen LogP contribution in [0.25, 0.3) is 0 Å². The minimum absolute atomic E-state index is 0.0751. The number of rotatable bonds is 15. The highest BCUT2D eigenvalue weighted by Gasteiger charge is 2.30. The van der Waals surface area contributed by atoms with Crippen molar-refractivity contribution < 1.29 is 23.9 Å². The quantitative estimate of drug-likeness (QED) is 0.109. The van der Waals surface area contributed by atoms with E-state index in [9.17, 15) is 14.4 Å². The van der Waals surface area contributed by atoms with E-state index in [1.54, 1.807) is 60.5 Å². The van der Waals surface area contributed by atoms with Gasteiger partial charge in [0.05, 0.1) is 0 Å². The molecule has 0 bridgehead atoms. The van der Waals surface area contributed by atoms with Gasteiger partial charge in [-0.2, -0.15) is 0 Å². The molecule has 3 aromatic rings. The van der Waals surface area contributed by atoms with Gasteiger partial charge in [0, 0.05) is 23.4 Å². The van der Waals surface area contributed by atoms with E-state index < -0.39 is 24.2 Å². The molecule has 3 aromatic carbocycles. The van der Waals surface area contributed by atoms with Gasteiger partial charge in [0.25, 0.3) is 0 Å². The van der Waals surface area contributed by atoms with Gasteiger partial charge in [-0.25, -0.2) is 9.59 Å². The Morgan fingerprint density at radius 2 is 1.47 bits per heavy atom. The van der Waals surface area contributed by atoms with E-state index in [1.807, 2.05) is 42.5 Å². The van der Waals surface area contributed by atoms with E-state index >= 15 is 0 Å². The number of hydrogen-bond acceptors (Lipinski definition) is 7. The Hall–Kier alpha value is -3.62. The lowest BCUT2D eigenvalue weighted by atomic mass is 9.99. The maximum atomic E-state index is 13.4. The van der Waals surface area contributed by atoms with Gasteiger partial charge >= 0.3 is 12.1 Å². The van der Waals surface area contributed by atoms with E-state index in [0.29, 0.717) is 24.0 Å². The molecule has 0 heterocycles. The number of benzene rings is 3. The van der Waals surface area contributed by atoms with Crippen LogP contribution in [0.4, 0.5) is 4.79 Å². The monoisotopic (exact) mass is 534 g/mol. The van der Waals surface area contributed by atoms with Crippen LogP contribution in [-0.4, -0.2) is 36.2 Å². The SMILES string of the molecule is CCSNCCCCC(NC(=O)OCc1ccccc1)C(=O)OC(C(=O)c1ccccc1)c1ccccc1. The second-order valence-corrected chi connectivity index (χ2v) is 9.69. The highest BCUT2D eigenvalue weighted by Crippen LogP contribution is 2.24. The molecule has 2 unspecified atom stereocenters. The fourth-order valence-corrected chi connectivity index (χ4v) is 4.22. The third kappa shape index (κ3) is 9.68. The molecule has 0 saturated carbocycles. The largest absolute Gasteiger partial charge is 0.447 e. The van der Waals surface area contributed by atoms with E-state index in [0.717, 1.165) is 24.3 Å². The van der Waals surface area contributed by atoms with Gasteiger partial charge < -0.3 is 14.8 Å². The highest BCUT2D eigenvalue weighted by atomic mass is 32.2. The number of unbranched alkanes of at least 4 members (excludes halogenated alkanes) is 1. The molecule has 8 heteroatoms. The first-order valence-electron chi connectivity index (χ1n) is 12.7. The number of alkyl carbamates (subject to hydrolysis) is 1. The lowest BCUT2D eigenvalue weighted by Crippen LogP contribution is -2.43. The minimum Gasteiger partial charge on any atom is -0.447 e. The van der Waals surface area contributed by atoms with Crippen LogP contribution in [0.15, 0.2) is 91.0 Å². The summed E-state index contributed by atoms with van der Waals surface area (Å²) in [6.45, 7) is 2.91. The number of carbonyl (C=O) groups excluding carboxylic acids is 3. The molecule has 7 nitrogen and oxygen atoms in total. The fourth-order valence-electron chi connectivity index (χ4n) is 3.73. The van der Waals surface area contributed by atoms with Crippen LogP contribution in [0.3, 0.4) is 0 Å². The second kappa shape index (κ2) is 16.3. The first-order chi connectivity index (χ1) is 18.6. The number of nitrogens with one attached hydrogen (secondary N) is 2. The molecular weight excluding hydrogens is 500 g/mol. The van der Waals surface area contributed by atoms with Gasteiger partial charge in [0.2, 0.25) is 5.78 Å². The van der Waals surface area contributed by atoms with Crippen LogP contribution in [0.5, 0.6) is 0 Å². The summed E-state index contributed by atoms with van der Waals surface area (Å²) in [6, 6.07) is 25.9. The van der Waals surface area contributed by atoms with Crippen LogP contribution in [0.2, 0.25) is 0 Å². The van der Waals surface area contributed by atoms with E-state index in [4.69, 9.17) is 9.47 Å². The van der Waals surface area contributed by atoms with Crippen molar-refractivity contribution in [2.75, 3.05) is 12.3 Å². The number of hydrogen-bond donors (Lipinski definition) is 2. The molecule has 38 heavy (non-hydrogen) atoms. The van der Waals surface area contributed by atoms with Gasteiger partial charge in [-0.15, -0.1) is 0 Å². The summed E-state index contributed by atoms with van der Waals surface area (Å²) in [7, 11) is 0. The van der Waals surface area contributed by atoms with Gasteiger partial charge in [-0.3, -0.25) is 9.52 Å². The summed E-state index contributed by atoms with van der Waals surface area (Å²) in [6.07, 6.45) is -0.0422. The number of amides is 1. The number of carbonyl (C=O) groups is 3. The molecule has 0 fully saturated rings. The van der Waals surface area contributed by atoms with Crippen LogP contribution in [-0.2, 0) is 20.9 Å². The van der Waals surface area contributed by atoms with Crippen molar-refractivity contribution in [3.05, 3.63) is 108 Å². The zero-order chi connectivity index (χ0) is 27.0. The molecule has 0 aromatic heterocycles. The van der Waals surface area contributed by atoms with Gasteiger partial charge in [-0.05, 0) is 24.8 Å². The van der Waals surface area contributed by atoms with Crippen LogP contribution in [0, 0.1) is 0 Å². The normalized spacial score (nSPS) is 12.2. The summed E-state index contributed by atoms with van der Waals surface area (Å²) >= 11 is 1.63. The molecule has 0 saturated heterocycles. The summed E-state index contributed by atoms with van der Waals surface area (Å²) in [5, 5.41) is 2.65. The zero-order valence-corrected chi connectivity index (χ0v) is 22.3. The Labute approximate surface area is 228 Å². The third-order valence-corrected chi connectivity index (χ3v) is 6.39. The Kier molecular flexibility index (Phi) is 12.4. The van der Waals surface area contributed by atoms with Crippen molar-refractivity contribution in [2.45, 2.75) is 44.9 Å². The lowest BCUT2D eigenvalue weighted by molar-refractivity contribution is -0.150. The molecule has 0 spiro atoms. The molecule has 0 aliphatic carbocycles. The average molecular weight is 535 g/mol. The number of Topliss-reactive ketones (excluding diaryl/α,β-unsaturated/α-hetero) is 1. The number of esters is 1. The minimum atomic E-state index is -1.14. The summed E-state index contributed by atoms with van der Waals surface area (Å²) in [5.74, 6) is -0.0629. The van der Waals surface area contributed by atoms with E-state index in [-0.39, 0.29) is 12.4 Å². The molecule has 0 radical (unpaired) electrons. The van der Waals surface area contributed by atoms with Crippen LogP contribution >= 0.6 is 11.9 Å². The van der Waals surface area contributed by atoms with Gasteiger partial charge in [-0.1, -0.05) is 110 Å². The molecule has 1 amide bonds. The Balaban J connectivity index is 1.70. The average Bonchev–Trinajstić information content (AvgIpc) is 2.97. The first-order valence-corrected chi connectivity index (χ1v) is 13.7. The van der Waals surface area contributed by atoms with Crippen molar-refractivity contribution in [3.63, 3.8) is 0 Å². The molecule has 2 atom stereocenters. The summed E-state index contributed by atoms with van der Waals surface area (Å²) in [4.78, 5) is 39.3. The van der Waals surface area contributed by atoms with Crippen LogP contribution in [0.1, 0.15) is 53.8 Å². The van der Waals surface area contributed by atoms with Crippen molar-refractivity contribution in [1.29, 1.82) is 0 Å². The molecular formula is C30H34N2O5S. The maximum Gasteiger partial charge on any atom is 0.408 e. The molecule has 3 rings (SSSR count). The summed E-state index contributed by atoms with van der Waals surface area (Å²) in [5.41, 5.74) is 1.82. The Bertz CT molecular complexity index is 1130. The highest BCUT2D eigenvalue weighted by molar-refractivity contribution is 7.97. The fraction of sp³-hybridized carbons (Fsp3) is 0.300. The molecule has 200 valence electrons. The van der Waals surface area contributed by atoms with Crippen LogP contribution < -0.4 is 10.0 Å². The standard InChI is InChI=1S/C30H34N2O5S/c1-2-38-31-21-13-12-20-26(32-30(35)36-22-23-14-6-3-7-15-23)29(34)37-28(25-18-10-5-11-19-25)27(33)24-16-8-4-9-17-24/h3-11,14-19,26,28,31H,2,12-13,20-22H2,1H3,(H,32,35). The smallest absolute Gasteiger partial charge is 0.408 e. The molecule has 2 N–H and O–H groups in total. The van der Waals surface area contributed by atoms with E-state index in [2.05, 4.69) is 17.0 Å². The second-order valence-electron chi connectivity index (χ2n) is 8.54. The lowest BCUT2D eigenvalue weighted by Gasteiger charge is -2.22. The zero-order valence-electron chi connectivity index (χ0n) is 21.5. The number of ketones is 1. The van der Waals surface area contributed by atoms with Crippen molar-refractivity contribution >= 4 is 29.8 Å². The topological polar surface area (TPSA) is 93.7 Å². The molecule has 0 aliphatic heterocycles. The van der Waals surface area contributed by atoms with Gasteiger partial charge in [0.15, 0.2) is 6.10 Å². The Morgan fingerprint density at radius 1 is 0.842 bits per heavy atom.